The molecule has 1 saturated carbocycles. The molecule has 16 heavy (non-hydrogen) atoms. The maximum atomic E-state index is 9.83. The number of hydrogen-bond acceptors (Lipinski definition) is 5. The summed E-state index contributed by atoms with van der Waals surface area (Å²) in [4.78, 5) is 10.6. The molecule has 3 unspecified atom stereocenters. The first-order chi connectivity index (χ1) is 7.74. The average molecular weight is 220 g/mol. The Kier molecular flexibility index (Phi) is 2.21. The molecule has 5 heteroatoms. The fourth-order valence-electron chi connectivity index (χ4n) is 2.91. The van der Waals surface area contributed by atoms with Gasteiger partial charge < -0.3 is 15.7 Å². The maximum Gasteiger partial charge on any atom is 0.227 e. The molecule has 3 rings (SSSR count). The van der Waals surface area contributed by atoms with Gasteiger partial charge in [-0.05, 0) is 24.8 Å². The lowest BCUT2D eigenvalue weighted by atomic mass is 10.00. The van der Waals surface area contributed by atoms with Gasteiger partial charge in [0.2, 0.25) is 5.95 Å². The largest absolute Gasteiger partial charge is 0.393 e. The Morgan fingerprint density at radius 1 is 1.38 bits per heavy atom. The van der Waals surface area contributed by atoms with Gasteiger partial charge >= 0.3 is 0 Å². The van der Waals surface area contributed by atoms with Gasteiger partial charge in [-0.3, -0.25) is 0 Å². The van der Waals surface area contributed by atoms with Gasteiger partial charge in [0.25, 0.3) is 0 Å². The van der Waals surface area contributed by atoms with Crippen molar-refractivity contribution >= 4 is 11.8 Å². The first-order valence-corrected chi connectivity index (χ1v) is 5.75. The van der Waals surface area contributed by atoms with E-state index in [1.165, 1.54) is 0 Å². The third kappa shape index (κ3) is 1.51. The first kappa shape index (κ1) is 9.84. The zero-order valence-corrected chi connectivity index (χ0v) is 9.08. The lowest BCUT2D eigenvalue weighted by molar-refractivity contribution is 0.133. The molecule has 86 valence electrons. The molecule has 5 nitrogen and oxygen atoms in total. The molecule has 3 atom stereocenters. The molecular weight excluding hydrogens is 204 g/mol. The fourth-order valence-corrected chi connectivity index (χ4v) is 2.91. The van der Waals surface area contributed by atoms with E-state index in [-0.39, 0.29) is 6.10 Å². The number of nitrogen functional groups attached to an aromatic ring is 1. The van der Waals surface area contributed by atoms with E-state index in [2.05, 4.69) is 14.9 Å². The molecule has 2 aliphatic rings. The van der Waals surface area contributed by atoms with E-state index in [9.17, 15) is 5.11 Å². The van der Waals surface area contributed by atoms with E-state index in [1.807, 2.05) is 0 Å². The summed E-state index contributed by atoms with van der Waals surface area (Å²) in [6, 6.07) is 1.69. The van der Waals surface area contributed by atoms with Crippen molar-refractivity contribution in [2.24, 2.45) is 11.8 Å². The van der Waals surface area contributed by atoms with Crippen LogP contribution in [0, 0.1) is 11.8 Å². The lowest BCUT2D eigenvalue weighted by Crippen LogP contribution is -2.26. The van der Waals surface area contributed by atoms with Gasteiger partial charge in [-0.15, -0.1) is 0 Å². The van der Waals surface area contributed by atoms with Crippen LogP contribution in [0.5, 0.6) is 0 Å². The van der Waals surface area contributed by atoms with Gasteiger partial charge in [-0.25, -0.2) is 4.98 Å². The van der Waals surface area contributed by atoms with Crippen LogP contribution < -0.4 is 10.6 Å². The third-order valence-corrected chi connectivity index (χ3v) is 3.77. The maximum absolute atomic E-state index is 9.83. The van der Waals surface area contributed by atoms with E-state index in [0.717, 1.165) is 25.9 Å². The summed E-state index contributed by atoms with van der Waals surface area (Å²) >= 11 is 0. The van der Waals surface area contributed by atoms with Crippen molar-refractivity contribution in [3.05, 3.63) is 12.3 Å². The minimum absolute atomic E-state index is 0.143. The van der Waals surface area contributed by atoms with Crippen LogP contribution in [0.3, 0.4) is 0 Å². The van der Waals surface area contributed by atoms with Crippen LogP contribution in [0.2, 0.25) is 0 Å². The summed E-state index contributed by atoms with van der Waals surface area (Å²) in [5.41, 5.74) is 5.64. The third-order valence-electron chi connectivity index (χ3n) is 3.77. The minimum atomic E-state index is -0.143. The smallest absolute Gasteiger partial charge is 0.227 e. The fraction of sp³-hybridized carbons (Fsp3) is 0.636. The lowest BCUT2D eigenvalue weighted by Gasteiger charge is -2.18. The number of nitrogens with two attached hydrogens (primary N) is 1. The minimum Gasteiger partial charge on any atom is -0.393 e. The number of rotatable bonds is 1. The van der Waals surface area contributed by atoms with Crippen molar-refractivity contribution in [2.75, 3.05) is 23.7 Å². The molecule has 2 fully saturated rings. The molecule has 3 N–H and O–H groups in total. The Morgan fingerprint density at radius 3 is 3.00 bits per heavy atom. The molecule has 0 spiro atoms. The summed E-state index contributed by atoms with van der Waals surface area (Å²) in [6.45, 7) is 1.81. The van der Waals surface area contributed by atoms with Crippen LogP contribution in [0.25, 0.3) is 0 Å². The van der Waals surface area contributed by atoms with Crippen molar-refractivity contribution in [1.82, 2.24) is 9.97 Å². The van der Waals surface area contributed by atoms with E-state index in [1.54, 1.807) is 12.3 Å². The zero-order chi connectivity index (χ0) is 11.1. The number of aliphatic hydroxyl groups excluding tert-OH is 1. The number of hydrogen-bond donors (Lipinski definition) is 2. The summed E-state index contributed by atoms with van der Waals surface area (Å²) in [7, 11) is 0. The summed E-state index contributed by atoms with van der Waals surface area (Å²) in [5, 5.41) is 9.83. The highest BCUT2D eigenvalue weighted by atomic mass is 16.3. The molecule has 1 aromatic heterocycles. The molecule has 1 aliphatic carbocycles. The van der Waals surface area contributed by atoms with Crippen molar-refractivity contribution in [3.63, 3.8) is 0 Å². The highest BCUT2D eigenvalue weighted by Crippen LogP contribution is 2.38. The Balaban J connectivity index is 1.79. The van der Waals surface area contributed by atoms with Gasteiger partial charge in [0.05, 0.1) is 6.10 Å². The summed E-state index contributed by atoms with van der Waals surface area (Å²) < 4.78 is 0. The Morgan fingerprint density at radius 2 is 2.25 bits per heavy atom. The monoisotopic (exact) mass is 220 g/mol. The topological polar surface area (TPSA) is 75.3 Å². The van der Waals surface area contributed by atoms with E-state index in [4.69, 9.17) is 5.73 Å². The van der Waals surface area contributed by atoms with Crippen LogP contribution >= 0.6 is 0 Å². The predicted octanol–water partition coefficient (Wildman–Crippen LogP) is 0.266. The second-order valence-corrected chi connectivity index (χ2v) is 4.76. The Labute approximate surface area is 94.3 Å². The number of aromatic nitrogens is 2. The summed E-state index contributed by atoms with van der Waals surface area (Å²) in [6.07, 6.45) is 3.60. The van der Waals surface area contributed by atoms with Crippen molar-refractivity contribution < 1.29 is 5.11 Å². The highest BCUT2D eigenvalue weighted by molar-refractivity contribution is 5.39. The second kappa shape index (κ2) is 3.59. The van der Waals surface area contributed by atoms with Crippen LogP contribution in [0.15, 0.2) is 12.3 Å². The van der Waals surface area contributed by atoms with Crippen molar-refractivity contribution in [2.45, 2.75) is 18.9 Å². The normalized spacial score (nSPS) is 33.1. The van der Waals surface area contributed by atoms with Gasteiger partial charge in [-0.2, -0.15) is 4.98 Å². The van der Waals surface area contributed by atoms with Crippen LogP contribution in [0.1, 0.15) is 12.8 Å². The highest BCUT2D eigenvalue weighted by Gasteiger charge is 2.42. The summed E-state index contributed by atoms with van der Waals surface area (Å²) in [5.74, 6) is 2.19. The molecule has 1 aromatic rings. The molecule has 0 bridgehead atoms. The second-order valence-electron chi connectivity index (χ2n) is 4.76. The number of anilines is 2. The van der Waals surface area contributed by atoms with Crippen molar-refractivity contribution in [3.8, 4) is 0 Å². The average Bonchev–Trinajstić information content (AvgIpc) is 2.81. The number of aliphatic hydroxyl groups is 1. The van der Waals surface area contributed by atoms with Gasteiger partial charge in [0, 0.05) is 25.2 Å². The van der Waals surface area contributed by atoms with Crippen LogP contribution in [-0.4, -0.2) is 34.3 Å². The zero-order valence-electron chi connectivity index (χ0n) is 9.08. The Hall–Kier alpha value is -1.36. The van der Waals surface area contributed by atoms with Gasteiger partial charge in [0.1, 0.15) is 5.82 Å². The standard InChI is InChI=1S/C11H16N4O/c12-10-3-4-13-11(14-10)15-5-7-1-2-9(16)8(7)6-15/h3-4,7-9,16H,1-2,5-6H2,(H2,12,13,14). The SMILES string of the molecule is Nc1ccnc(N2CC3CCC(O)C3C2)n1. The molecule has 0 amide bonds. The molecule has 1 aliphatic heterocycles. The van der Waals surface area contributed by atoms with E-state index >= 15 is 0 Å². The van der Waals surface area contributed by atoms with E-state index < -0.39 is 0 Å². The molecule has 1 saturated heterocycles. The van der Waals surface area contributed by atoms with Crippen molar-refractivity contribution in [1.29, 1.82) is 0 Å². The molecule has 0 aromatic carbocycles. The van der Waals surface area contributed by atoms with Crippen LogP contribution in [-0.2, 0) is 0 Å². The number of nitrogens with zero attached hydrogens (tertiary/aromatic N) is 3. The number of fused-ring (bicyclic) bond motifs is 1. The quantitative estimate of drug-likeness (QED) is 0.710. The van der Waals surface area contributed by atoms with E-state index in [0.29, 0.717) is 23.6 Å². The molecule has 2 heterocycles. The molecular formula is C11H16N4O. The molecule has 0 radical (unpaired) electrons. The predicted molar refractivity (Wildman–Crippen MR) is 60.9 cm³/mol. The van der Waals surface area contributed by atoms with Gasteiger partial charge in [-0.1, -0.05) is 0 Å². The van der Waals surface area contributed by atoms with Crippen LogP contribution in [0.4, 0.5) is 11.8 Å². The van der Waals surface area contributed by atoms with Gasteiger partial charge in [0.15, 0.2) is 0 Å². The Bertz CT molecular complexity index is 397. The first-order valence-electron chi connectivity index (χ1n) is 5.75.